The standard InChI is InChI=1S/C9H13Cl4O5PS/c1-2-20(15)5-3-4-16-19(14,17-6-8(10)11)18-7-9(12)13/h6-7H,2-5H2,1H3. The van der Waals surface area contributed by atoms with E-state index in [2.05, 4.69) is 0 Å². The molecule has 0 amide bonds. The van der Waals surface area contributed by atoms with Crippen LogP contribution in [0.5, 0.6) is 0 Å². The molecule has 1 atom stereocenters. The predicted molar refractivity (Wildman–Crippen MR) is 83.5 cm³/mol. The number of phosphoric acid groups is 1. The first-order valence-electron chi connectivity index (χ1n) is 5.27. The maximum absolute atomic E-state index is 12.1. The van der Waals surface area contributed by atoms with Crippen LogP contribution in [0.4, 0.5) is 0 Å². The Labute approximate surface area is 140 Å². The van der Waals surface area contributed by atoms with E-state index >= 15 is 0 Å². The molecule has 1 unspecified atom stereocenters. The van der Waals surface area contributed by atoms with Crippen molar-refractivity contribution >= 4 is 65.0 Å². The van der Waals surface area contributed by atoms with E-state index in [0.29, 0.717) is 17.9 Å². The van der Waals surface area contributed by atoms with E-state index in [1.165, 1.54) is 0 Å². The van der Waals surface area contributed by atoms with Gasteiger partial charge in [-0.15, -0.1) is 0 Å². The zero-order valence-electron chi connectivity index (χ0n) is 10.4. The summed E-state index contributed by atoms with van der Waals surface area (Å²) in [6, 6.07) is 0. The quantitative estimate of drug-likeness (QED) is 0.295. The third-order valence-corrected chi connectivity index (χ3v) is 4.60. The number of phosphoric ester groups is 1. The van der Waals surface area contributed by atoms with Crippen molar-refractivity contribution in [3.63, 3.8) is 0 Å². The first-order valence-corrected chi connectivity index (χ1v) is 9.74. The van der Waals surface area contributed by atoms with Gasteiger partial charge in [0.15, 0.2) is 0 Å². The number of hydrogen-bond acceptors (Lipinski definition) is 5. The second kappa shape index (κ2) is 11.2. The van der Waals surface area contributed by atoms with Crippen molar-refractivity contribution in [1.29, 1.82) is 0 Å². The van der Waals surface area contributed by atoms with Crippen LogP contribution in [0.1, 0.15) is 13.3 Å². The molecule has 0 saturated carbocycles. The van der Waals surface area contributed by atoms with Crippen LogP contribution in [-0.2, 0) is 28.9 Å². The molecule has 5 nitrogen and oxygen atoms in total. The molecule has 0 aromatic carbocycles. The monoisotopic (exact) mass is 404 g/mol. The molecule has 20 heavy (non-hydrogen) atoms. The van der Waals surface area contributed by atoms with Gasteiger partial charge in [0.1, 0.15) is 21.5 Å². The summed E-state index contributed by atoms with van der Waals surface area (Å²) < 4.78 is 37.1. The lowest BCUT2D eigenvalue weighted by Crippen LogP contribution is -2.04. The van der Waals surface area contributed by atoms with Gasteiger partial charge in [-0.05, 0) is 6.42 Å². The van der Waals surface area contributed by atoms with E-state index < -0.39 is 18.6 Å². The molecule has 0 aromatic rings. The highest BCUT2D eigenvalue weighted by Crippen LogP contribution is 2.51. The van der Waals surface area contributed by atoms with Gasteiger partial charge in [0, 0.05) is 22.3 Å². The molecule has 11 heteroatoms. The van der Waals surface area contributed by atoms with Crippen LogP contribution >= 0.6 is 54.2 Å². The van der Waals surface area contributed by atoms with Gasteiger partial charge < -0.3 is 9.05 Å². The van der Waals surface area contributed by atoms with Crippen LogP contribution in [0.3, 0.4) is 0 Å². The number of rotatable bonds is 10. The van der Waals surface area contributed by atoms with Crippen LogP contribution in [0, 0.1) is 0 Å². The van der Waals surface area contributed by atoms with Gasteiger partial charge in [0.25, 0.3) is 0 Å². The molecule has 0 N–H and O–H groups in total. The summed E-state index contributed by atoms with van der Waals surface area (Å²) in [5, 5.41) is 0. The van der Waals surface area contributed by atoms with Crippen molar-refractivity contribution in [2.24, 2.45) is 0 Å². The second-order valence-electron chi connectivity index (χ2n) is 3.09. The van der Waals surface area contributed by atoms with Gasteiger partial charge in [-0.25, -0.2) is 4.57 Å². The summed E-state index contributed by atoms with van der Waals surface area (Å²) in [7, 11) is -4.92. The minimum Gasteiger partial charge on any atom is -0.400 e. The van der Waals surface area contributed by atoms with Crippen molar-refractivity contribution in [3.05, 3.63) is 21.5 Å². The molecule has 0 spiro atoms. The van der Waals surface area contributed by atoms with Gasteiger partial charge in [-0.2, -0.15) is 0 Å². The van der Waals surface area contributed by atoms with Crippen LogP contribution < -0.4 is 0 Å². The number of hydrogen-bond donors (Lipinski definition) is 0. The van der Waals surface area contributed by atoms with Gasteiger partial charge in [-0.3, -0.25) is 8.73 Å². The van der Waals surface area contributed by atoms with Crippen molar-refractivity contribution in [3.8, 4) is 0 Å². The summed E-state index contributed by atoms with van der Waals surface area (Å²) >= 11 is 21.3. The minimum atomic E-state index is -3.99. The Bertz CT molecular complexity index is 397. The molecule has 0 rings (SSSR count). The molecule has 0 aromatic heterocycles. The molecule has 0 heterocycles. The van der Waals surface area contributed by atoms with Gasteiger partial charge in [-0.1, -0.05) is 53.3 Å². The third kappa shape index (κ3) is 11.3. The predicted octanol–water partition coefficient (Wildman–Crippen LogP) is 4.86. The molecular weight excluding hydrogens is 393 g/mol. The molecule has 0 aliphatic rings. The van der Waals surface area contributed by atoms with Crippen LogP contribution in [0.15, 0.2) is 21.5 Å². The second-order valence-corrected chi connectivity index (χ2v) is 8.55. The first-order chi connectivity index (χ1) is 9.29. The molecule has 0 bridgehead atoms. The lowest BCUT2D eigenvalue weighted by molar-refractivity contribution is 0.179. The zero-order chi connectivity index (χ0) is 15.6. The Kier molecular flexibility index (Phi) is 11.5. The van der Waals surface area contributed by atoms with E-state index in [4.69, 9.17) is 60.0 Å². The average Bonchev–Trinajstić information content (AvgIpc) is 2.39. The maximum Gasteiger partial charge on any atom is 0.586 e. The summed E-state index contributed by atoms with van der Waals surface area (Å²) in [4.78, 5) is 0. The third-order valence-electron chi connectivity index (χ3n) is 1.63. The normalized spacial score (nSPS) is 12.4. The zero-order valence-corrected chi connectivity index (χ0v) is 15.1. The van der Waals surface area contributed by atoms with Gasteiger partial charge in [0.2, 0.25) is 0 Å². The van der Waals surface area contributed by atoms with Crippen LogP contribution in [-0.4, -0.2) is 22.3 Å². The average molecular weight is 406 g/mol. The molecular formula is C9H13Cl4O5PS. The highest BCUT2D eigenvalue weighted by atomic mass is 35.5. The summed E-state index contributed by atoms with van der Waals surface area (Å²) in [5.41, 5.74) is 0. The Morgan fingerprint density at radius 1 is 1.15 bits per heavy atom. The highest BCUT2D eigenvalue weighted by molar-refractivity contribution is 7.84. The lowest BCUT2D eigenvalue weighted by Gasteiger charge is -2.14. The Morgan fingerprint density at radius 2 is 1.65 bits per heavy atom. The summed E-state index contributed by atoms with van der Waals surface area (Å²) in [6.45, 7) is 1.80. The first kappa shape index (κ1) is 20.6. The Balaban J connectivity index is 4.45. The molecule has 0 fully saturated rings. The summed E-state index contributed by atoms with van der Waals surface area (Å²) in [5.74, 6) is 0.953. The molecule has 0 aliphatic heterocycles. The fraction of sp³-hybridized carbons (Fsp3) is 0.556. The molecule has 118 valence electrons. The van der Waals surface area contributed by atoms with E-state index in [-0.39, 0.29) is 15.6 Å². The molecule has 0 saturated heterocycles. The fourth-order valence-corrected chi connectivity index (χ4v) is 2.98. The van der Waals surface area contributed by atoms with E-state index in [9.17, 15) is 8.77 Å². The minimum absolute atomic E-state index is 0.00447. The molecule has 0 aliphatic carbocycles. The lowest BCUT2D eigenvalue weighted by atomic mass is 10.5. The SMILES string of the molecule is CCS(=O)CCCOP(=O)(OC=C(Cl)Cl)OC=C(Cl)Cl. The Hall–Kier alpha value is 0.580. The van der Waals surface area contributed by atoms with E-state index in [0.717, 1.165) is 12.5 Å². The van der Waals surface area contributed by atoms with Crippen molar-refractivity contribution in [1.82, 2.24) is 0 Å². The Morgan fingerprint density at radius 3 is 2.05 bits per heavy atom. The number of halogens is 4. The van der Waals surface area contributed by atoms with Crippen molar-refractivity contribution in [2.45, 2.75) is 13.3 Å². The van der Waals surface area contributed by atoms with Crippen molar-refractivity contribution < 1.29 is 22.3 Å². The van der Waals surface area contributed by atoms with Gasteiger partial charge in [0.05, 0.1) is 6.61 Å². The smallest absolute Gasteiger partial charge is 0.400 e. The largest absolute Gasteiger partial charge is 0.586 e. The van der Waals surface area contributed by atoms with Crippen molar-refractivity contribution in [2.75, 3.05) is 18.1 Å². The van der Waals surface area contributed by atoms with E-state index in [1.807, 2.05) is 0 Å². The van der Waals surface area contributed by atoms with Crippen LogP contribution in [0.25, 0.3) is 0 Å². The van der Waals surface area contributed by atoms with Gasteiger partial charge >= 0.3 is 7.82 Å². The highest BCUT2D eigenvalue weighted by Gasteiger charge is 2.27. The fourth-order valence-electron chi connectivity index (χ4n) is 0.835. The summed E-state index contributed by atoms with van der Waals surface area (Å²) in [6.07, 6.45) is 2.00. The maximum atomic E-state index is 12.1. The molecule has 0 radical (unpaired) electrons. The van der Waals surface area contributed by atoms with E-state index in [1.54, 1.807) is 6.92 Å². The topological polar surface area (TPSA) is 61.8 Å². The van der Waals surface area contributed by atoms with Crippen LogP contribution in [0.2, 0.25) is 0 Å².